The van der Waals surface area contributed by atoms with Gasteiger partial charge in [-0.2, -0.15) is 0 Å². The van der Waals surface area contributed by atoms with Crippen LogP contribution in [0.3, 0.4) is 0 Å². The topological polar surface area (TPSA) is 125 Å². The molecule has 0 bridgehead atoms. The number of imide groups is 1. The van der Waals surface area contributed by atoms with E-state index in [1.165, 1.54) is 18.2 Å². The Hall–Kier alpha value is -4.01. The van der Waals surface area contributed by atoms with Crippen LogP contribution in [0.2, 0.25) is 0 Å². The van der Waals surface area contributed by atoms with E-state index >= 15 is 0 Å². The standard InChI is InChI=1S/C27H24N2O6/c30-23(24(31)15-9-10-20-21(13-15)26(33)29-25(20)32)11-12-28-27(34)35-14-22-18-7-3-1-5-16(18)17-6-2-4-8-19(17)22/h1-10,13,22-24,30-31H,11-12,14H2,(H,28,34)(H,29,32,33). The molecule has 4 N–H and O–H groups in total. The summed E-state index contributed by atoms with van der Waals surface area (Å²) in [5.74, 6) is -1.08. The molecule has 2 unspecified atom stereocenters. The second-order valence-corrected chi connectivity index (χ2v) is 8.64. The van der Waals surface area contributed by atoms with E-state index in [1.54, 1.807) is 0 Å². The van der Waals surface area contributed by atoms with Crippen molar-refractivity contribution in [2.45, 2.75) is 24.5 Å². The Morgan fingerprint density at radius 1 is 0.886 bits per heavy atom. The van der Waals surface area contributed by atoms with Crippen LogP contribution >= 0.6 is 0 Å². The van der Waals surface area contributed by atoms with Crippen molar-refractivity contribution in [1.29, 1.82) is 0 Å². The number of ether oxygens (including phenoxy) is 1. The van der Waals surface area contributed by atoms with Gasteiger partial charge < -0.3 is 20.3 Å². The number of aliphatic hydroxyl groups is 2. The van der Waals surface area contributed by atoms with Crippen molar-refractivity contribution in [3.05, 3.63) is 94.5 Å². The average molecular weight is 472 g/mol. The Bertz CT molecular complexity index is 1280. The van der Waals surface area contributed by atoms with Crippen LogP contribution in [0.1, 0.15) is 55.8 Å². The smallest absolute Gasteiger partial charge is 0.407 e. The van der Waals surface area contributed by atoms with Crippen LogP contribution in [0.4, 0.5) is 4.79 Å². The Morgan fingerprint density at radius 3 is 2.20 bits per heavy atom. The molecule has 0 aromatic heterocycles. The number of hydrogen-bond acceptors (Lipinski definition) is 6. The third kappa shape index (κ3) is 4.29. The lowest BCUT2D eigenvalue weighted by Crippen LogP contribution is -2.30. The molecule has 0 saturated heterocycles. The summed E-state index contributed by atoms with van der Waals surface area (Å²) in [6.45, 7) is 0.264. The summed E-state index contributed by atoms with van der Waals surface area (Å²) in [6.07, 6.45) is -3.02. The molecular formula is C27H24N2O6. The van der Waals surface area contributed by atoms with E-state index in [9.17, 15) is 24.6 Å². The van der Waals surface area contributed by atoms with E-state index in [2.05, 4.69) is 22.8 Å². The summed E-state index contributed by atoms with van der Waals surface area (Å²) in [5, 5.41) is 25.6. The van der Waals surface area contributed by atoms with Crippen molar-refractivity contribution in [2.24, 2.45) is 0 Å². The van der Waals surface area contributed by atoms with Gasteiger partial charge in [-0.25, -0.2) is 4.79 Å². The SMILES string of the molecule is O=C(NCCC(O)C(O)c1ccc2c(c1)C(=O)NC2=O)OCC1c2ccccc2-c2ccccc21. The minimum Gasteiger partial charge on any atom is -0.449 e. The lowest BCUT2D eigenvalue weighted by atomic mass is 9.98. The van der Waals surface area contributed by atoms with Crippen molar-refractivity contribution in [3.8, 4) is 11.1 Å². The third-order valence-corrected chi connectivity index (χ3v) is 6.52. The number of benzene rings is 3. The number of carbonyl (C=O) groups excluding carboxylic acids is 3. The second-order valence-electron chi connectivity index (χ2n) is 8.64. The molecule has 0 spiro atoms. The number of carbonyl (C=O) groups is 3. The second kappa shape index (κ2) is 9.32. The van der Waals surface area contributed by atoms with E-state index < -0.39 is 30.1 Å². The van der Waals surface area contributed by atoms with E-state index in [4.69, 9.17) is 4.74 Å². The van der Waals surface area contributed by atoms with Gasteiger partial charge in [0.2, 0.25) is 0 Å². The number of aliphatic hydroxyl groups excluding tert-OH is 2. The van der Waals surface area contributed by atoms with Crippen LogP contribution in [0.25, 0.3) is 11.1 Å². The molecule has 8 nitrogen and oxygen atoms in total. The summed E-state index contributed by atoms with van der Waals surface area (Å²) >= 11 is 0. The zero-order valence-corrected chi connectivity index (χ0v) is 18.7. The number of amides is 3. The largest absolute Gasteiger partial charge is 0.449 e. The minimum atomic E-state index is -1.28. The fourth-order valence-electron chi connectivity index (χ4n) is 4.72. The summed E-state index contributed by atoms with van der Waals surface area (Å²) in [7, 11) is 0. The number of hydrogen-bond donors (Lipinski definition) is 4. The Kier molecular flexibility index (Phi) is 6.07. The molecule has 3 aromatic carbocycles. The molecule has 1 aliphatic heterocycles. The Morgan fingerprint density at radius 2 is 1.51 bits per heavy atom. The number of alkyl carbamates (subject to hydrolysis) is 1. The highest BCUT2D eigenvalue weighted by Gasteiger charge is 2.30. The lowest BCUT2D eigenvalue weighted by molar-refractivity contribution is 0.0136. The first kappa shape index (κ1) is 22.8. The lowest BCUT2D eigenvalue weighted by Gasteiger charge is -2.19. The average Bonchev–Trinajstić information content (AvgIpc) is 3.35. The highest BCUT2D eigenvalue weighted by molar-refractivity contribution is 6.21. The molecule has 3 aromatic rings. The number of fused-ring (bicyclic) bond motifs is 4. The molecule has 1 heterocycles. The first-order chi connectivity index (χ1) is 16.9. The van der Waals surface area contributed by atoms with Crippen molar-refractivity contribution < 1.29 is 29.3 Å². The molecule has 178 valence electrons. The molecule has 3 amide bonds. The van der Waals surface area contributed by atoms with Gasteiger partial charge in [-0.3, -0.25) is 14.9 Å². The molecule has 2 aliphatic rings. The van der Waals surface area contributed by atoms with Crippen LogP contribution in [0.15, 0.2) is 66.7 Å². The van der Waals surface area contributed by atoms with Gasteiger partial charge in [-0.15, -0.1) is 0 Å². The summed E-state index contributed by atoms with van der Waals surface area (Å²) in [5.41, 5.74) is 5.22. The van der Waals surface area contributed by atoms with Crippen molar-refractivity contribution >= 4 is 17.9 Å². The van der Waals surface area contributed by atoms with Crippen molar-refractivity contribution in [2.75, 3.05) is 13.2 Å². The van der Waals surface area contributed by atoms with Gasteiger partial charge in [0.05, 0.1) is 17.2 Å². The zero-order chi connectivity index (χ0) is 24.5. The first-order valence-corrected chi connectivity index (χ1v) is 11.4. The van der Waals surface area contributed by atoms with Crippen molar-refractivity contribution in [3.63, 3.8) is 0 Å². The quantitative estimate of drug-likeness (QED) is 0.392. The van der Waals surface area contributed by atoms with Crippen LogP contribution in [0, 0.1) is 0 Å². The van der Waals surface area contributed by atoms with Gasteiger partial charge in [0.1, 0.15) is 12.7 Å². The molecule has 8 heteroatoms. The van der Waals surface area contributed by atoms with Crippen LogP contribution in [-0.2, 0) is 4.74 Å². The molecule has 0 fully saturated rings. The zero-order valence-electron chi connectivity index (χ0n) is 18.7. The predicted molar refractivity (Wildman–Crippen MR) is 127 cm³/mol. The van der Waals surface area contributed by atoms with Gasteiger partial charge in [0.25, 0.3) is 11.8 Å². The predicted octanol–water partition coefficient (Wildman–Crippen LogP) is 2.89. The maximum absolute atomic E-state index is 12.3. The monoisotopic (exact) mass is 472 g/mol. The molecule has 0 radical (unpaired) electrons. The minimum absolute atomic E-state index is 0.0514. The normalized spacial score (nSPS) is 15.6. The maximum atomic E-state index is 12.3. The molecule has 5 rings (SSSR count). The molecule has 35 heavy (non-hydrogen) atoms. The third-order valence-electron chi connectivity index (χ3n) is 6.52. The number of rotatable bonds is 7. The maximum Gasteiger partial charge on any atom is 0.407 e. The molecule has 0 saturated carbocycles. The van der Waals surface area contributed by atoms with Crippen molar-refractivity contribution in [1.82, 2.24) is 10.6 Å². The Labute approximate surface area is 201 Å². The molecular weight excluding hydrogens is 448 g/mol. The first-order valence-electron chi connectivity index (χ1n) is 11.4. The highest BCUT2D eigenvalue weighted by atomic mass is 16.5. The fourth-order valence-corrected chi connectivity index (χ4v) is 4.72. The highest BCUT2D eigenvalue weighted by Crippen LogP contribution is 2.44. The van der Waals surface area contributed by atoms with E-state index in [1.807, 2.05) is 36.4 Å². The van der Waals surface area contributed by atoms with Gasteiger partial charge >= 0.3 is 6.09 Å². The van der Waals surface area contributed by atoms with Gasteiger partial charge in [-0.05, 0) is 46.4 Å². The van der Waals surface area contributed by atoms with Gasteiger partial charge in [0.15, 0.2) is 0 Å². The van der Waals surface area contributed by atoms with E-state index in [0.29, 0.717) is 5.56 Å². The molecule has 2 atom stereocenters. The van der Waals surface area contributed by atoms with Crippen LogP contribution in [-0.4, -0.2) is 47.4 Å². The van der Waals surface area contributed by atoms with Gasteiger partial charge in [0, 0.05) is 12.5 Å². The fraction of sp³-hybridized carbons (Fsp3) is 0.222. The van der Waals surface area contributed by atoms with Gasteiger partial charge in [-0.1, -0.05) is 54.6 Å². The summed E-state index contributed by atoms with van der Waals surface area (Å²) in [6, 6.07) is 20.4. The van der Waals surface area contributed by atoms with Crippen LogP contribution in [0.5, 0.6) is 0 Å². The van der Waals surface area contributed by atoms with Crippen LogP contribution < -0.4 is 10.6 Å². The summed E-state index contributed by atoms with van der Waals surface area (Å²) in [4.78, 5) is 35.8. The Balaban J connectivity index is 1.13. The van der Waals surface area contributed by atoms with E-state index in [-0.39, 0.29) is 36.6 Å². The molecule has 1 aliphatic carbocycles. The van der Waals surface area contributed by atoms with E-state index in [0.717, 1.165) is 22.3 Å². The summed E-state index contributed by atoms with van der Waals surface area (Å²) < 4.78 is 5.47. The number of nitrogens with one attached hydrogen (secondary N) is 2.